The molecular weight excluding hydrogens is 397 g/mol. The number of hydrogen-bond donors (Lipinski definition) is 2. The summed E-state index contributed by atoms with van der Waals surface area (Å²) in [5, 5.41) is 15.4. The molecule has 3 amide bonds. The smallest absolute Gasteiger partial charge is 0.291 e. The zero-order chi connectivity index (χ0) is 19.6. The maximum absolute atomic E-state index is 12.2. The van der Waals surface area contributed by atoms with Crippen molar-refractivity contribution in [1.82, 2.24) is 15.3 Å². The van der Waals surface area contributed by atoms with Crippen molar-refractivity contribution in [3.05, 3.63) is 68.3 Å². The van der Waals surface area contributed by atoms with Crippen LogP contribution in [0.5, 0.6) is 0 Å². The van der Waals surface area contributed by atoms with E-state index in [0.717, 1.165) is 0 Å². The van der Waals surface area contributed by atoms with E-state index >= 15 is 0 Å². The third-order valence-corrected chi connectivity index (χ3v) is 4.03. The molecule has 0 bridgehead atoms. The summed E-state index contributed by atoms with van der Waals surface area (Å²) < 4.78 is 0. The van der Waals surface area contributed by atoms with Crippen molar-refractivity contribution in [2.24, 2.45) is 0 Å². The fourth-order valence-corrected chi connectivity index (χ4v) is 2.77. The highest BCUT2D eigenvalue weighted by molar-refractivity contribution is 6.40. The van der Waals surface area contributed by atoms with E-state index in [9.17, 15) is 19.7 Å². The Hall–Kier alpha value is -3.30. The zero-order valence-electron chi connectivity index (χ0n) is 13.3. The molecule has 0 aliphatic heterocycles. The normalized spacial score (nSPS) is 10.4. The minimum absolute atomic E-state index is 0.0344. The molecule has 0 aliphatic carbocycles. The molecule has 11 heteroatoms. The van der Waals surface area contributed by atoms with E-state index in [1.54, 1.807) is 6.07 Å². The summed E-state index contributed by atoms with van der Waals surface area (Å²) >= 11 is 11.8. The first kappa shape index (κ1) is 18.5. The second-order valence-corrected chi connectivity index (χ2v) is 6.00. The van der Waals surface area contributed by atoms with Gasteiger partial charge in [-0.3, -0.25) is 30.5 Å². The van der Waals surface area contributed by atoms with Crippen LogP contribution in [-0.4, -0.2) is 26.8 Å². The topological polar surface area (TPSA) is 127 Å². The van der Waals surface area contributed by atoms with Crippen LogP contribution in [-0.2, 0) is 0 Å². The molecule has 3 aromatic rings. The third-order valence-electron chi connectivity index (χ3n) is 3.40. The third kappa shape index (κ3) is 4.10. The molecule has 9 nitrogen and oxygen atoms in total. The average molecular weight is 406 g/mol. The Bertz CT molecular complexity index is 1070. The van der Waals surface area contributed by atoms with Crippen molar-refractivity contribution in [2.45, 2.75) is 0 Å². The molecule has 2 N–H and O–H groups in total. The SMILES string of the molecule is O=C(NC(=O)c1c(Cl)cccc1Cl)Nc1cnc2cc([N+](=O)[O-])ccc2n1. The summed E-state index contributed by atoms with van der Waals surface area (Å²) in [5.41, 5.74) is 0.457. The van der Waals surface area contributed by atoms with Crippen molar-refractivity contribution in [3.63, 3.8) is 0 Å². The van der Waals surface area contributed by atoms with Gasteiger partial charge in [0.05, 0.1) is 37.8 Å². The Morgan fingerprint density at radius 3 is 2.44 bits per heavy atom. The van der Waals surface area contributed by atoms with Crippen LogP contribution in [0.15, 0.2) is 42.6 Å². The lowest BCUT2D eigenvalue weighted by molar-refractivity contribution is -0.384. The highest BCUT2D eigenvalue weighted by atomic mass is 35.5. The van der Waals surface area contributed by atoms with E-state index in [1.165, 1.54) is 36.5 Å². The maximum atomic E-state index is 12.2. The Morgan fingerprint density at radius 1 is 1.07 bits per heavy atom. The van der Waals surface area contributed by atoms with Gasteiger partial charge in [-0.05, 0) is 18.2 Å². The van der Waals surface area contributed by atoms with E-state index < -0.39 is 16.9 Å². The van der Waals surface area contributed by atoms with Gasteiger partial charge in [-0.1, -0.05) is 29.3 Å². The van der Waals surface area contributed by atoms with E-state index in [4.69, 9.17) is 23.2 Å². The number of nitrogens with one attached hydrogen (secondary N) is 2. The van der Waals surface area contributed by atoms with Gasteiger partial charge in [-0.2, -0.15) is 0 Å². The molecule has 0 unspecified atom stereocenters. The van der Waals surface area contributed by atoms with Gasteiger partial charge in [0.2, 0.25) is 0 Å². The first-order valence-corrected chi connectivity index (χ1v) is 8.08. The van der Waals surface area contributed by atoms with Gasteiger partial charge in [0.1, 0.15) is 0 Å². The number of nitrogens with zero attached hydrogens (tertiary/aromatic N) is 3. The van der Waals surface area contributed by atoms with Crippen LogP contribution in [0.25, 0.3) is 11.0 Å². The Labute approximate surface area is 161 Å². The molecule has 136 valence electrons. The van der Waals surface area contributed by atoms with Crippen molar-refractivity contribution in [2.75, 3.05) is 5.32 Å². The van der Waals surface area contributed by atoms with Gasteiger partial charge in [-0.15, -0.1) is 0 Å². The first-order chi connectivity index (χ1) is 12.8. The standard InChI is InChI=1S/C16H9Cl2N5O4/c17-9-2-1-3-10(18)14(9)15(24)22-16(25)21-13-7-19-12-6-8(23(26)27)4-5-11(12)20-13/h1-7H,(H2,20,21,22,24,25). The molecular formula is C16H9Cl2N5O4. The Morgan fingerprint density at radius 2 is 1.78 bits per heavy atom. The molecule has 0 spiro atoms. The lowest BCUT2D eigenvalue weighted by atomic mass is 10.2. The zero-order valence-corrected chi connectivity index (χ0v) is 14.8. The number of rotatable bonds is 3. The number of nitro groups is 1. The summed E-state index contributed by atoms with van der Waals surface area (Å²) in [7, 11) is 0. The Balaban J connectivity index is 1.75. The molecule has 0 saturated heterocycles. The second-order valence-electron chi connectivity index (χ2n) is 5.19. The van der Waals surface area contributed by atoms with Crippen LogP contribution in [0.4, 0.5) is 16.3 Å². The lowest BCUT2D eigenvalue weighted by Gasteiger charge is -2.08. The number of amides is 3. The number of carbonyl (C=O) groups is 2. The number of anilines is 1. The molecule has 1 heterocycles. The van der Waals surface area contributed by atoms with Crippen molar-refractivity contribution in [3.8, 4) is 0 Å². The minimum atomic E-state index is -0.869. The monoisotopic (exact) mass is 405 g/mol. The van der Waals surface area contributed by atoms with Crippen LogP contribution in [0.2, 0.25) is 10.0 Å². The molecule has 2 aromatic carbocycles. The average Bonchev–Trinajstić information content (AvgIpc) is 2.60. The molecule has 0 fully saturated rings. The van der Waals surface area contributed by atoms with Crippen LogP contribution in [0.1, 0.15) is 10.4 Å². The molecule has 0 atom stereocenters. The number of imide groups is 1. The summed E-state index contributed by atoms with van der Waals surface area (Å²) in [5.74, 6) is -0.737. The predicted octanol–water partition coefficient (Wildman–Crippen LogP) is 3.81. The maximum Gasteiger partial charge on any atom is 0.327 e. The molecule has 0 aliphatic rings. The van der Waals surface area contributed by atoms with Crippen LogP contribution >= 0.6 is 23.2 Å². The number of aromatic nitrogens is 2. The summed E-state index contributed by atoms with van der Waals surface area (Å²) in [6, 6.07) is 7.56. The lowest BCUT2D eigenvalue weighted by Crippen LogP contribution is -2.35. The molecule has 1 aromatic heterocycles. The van der Waals surface area contributed by atoms with Gasteiger partial charge >= 0.3 is 6.03 Å². The summed E-state index contributed by atoms with van der Waals surface area (Å²) in [6.07, 6.45) is 1.21. The first-order valence-electron chi connectivity index (χ1n) is 7.32. The van der Waals surface area contributed by atoms with Crippen molar-refractivity contribution < 1.29 is 14.5 Å². The van der Waals surface area contributed by atoms with Crippen LogP contribution in [0.3, 0.4) is 0 Å². The van der Waals surface area contributed by atoms with Gasteiger partial charge in [-0.25, -0.2) is 9.78 Å². The number of carbonyl (C=O) groups excluding carboxylic acids is 2. The van der Waals surface area contributed by atoms with E-state index in [0.29, 0.717) is 5.52 Å². The largest absolute Gasteiger partial charge is 0.327 e. The number of nitro benzene ring substituents is 1. The number of hydrogen-bond acceptors (Lipinski definition) is 6. The number of fused-ring (bicyclic) bond motifs is 1. The quantitative estimate of drug-likeness (QED) is 0.503. The predicted molar refractivity (Wildman–Crippen MR) is 99.1 cm³/mol. The van der Waals surface area contributed by atoms with Gasteiger partial charge in [0.25, 0.3) is 11.6 Å². The minimum Gasteiger partial charge on any atom is -0.291 e. The number of halogens is 2. The number of benzene rings is 2. The van der Waals surface area contributed by atoms with E-state index in [1.807, 2.05) is 0 Å². The fraction of sp³-hybridized carbons (Fsp3) is 0. The van der Waals surface area contributed by atoms with Gasteiger partial charge in [0, 0.05) is 12.1 Å². The molecule has 27 heavy (non-hydrogen) atoms. The fourth-order valence-electron chi connectivity index (χ4n) is 2.20. The van der Waals surface area contributed by atoms with E-state index in [-0.39, 0.29) is 32.6 Å². The molecule has 0 radical (unpaired) electrons. The summed E-state index contributed by atoms with van der Waals surface area (Å²) in [4.78, 5) is 42.5. The second kappa shape index (κ2) is 7.52. The molecule has 3 rings (SSSR count). The van der Waals surface area contributed by atoms with Crippen LogP contribution in [0, 0.1) is 10.1 Å². The number of non-ortho nitro benzene ring substituents is 1. The van der Waals surface area contributed by atoms with Crippen molar-refractivity contribution >= 4 is 57.7 Å². The molecule has 0 saturated carbocycles. The number of urea groups is 1. The highest BCUT2D eigenvalue weighted by Gasteiger charge is 2.17. The Kier molecular flexibility index (Phi) is 5.15. The van der Waals surface area contributed by atoms with Crippen molar-refractivity contribution in [1.29, 1.82) is 0 Å². The highest BCUT2D eigenvalue weighted by Crippen LogP contribution is 2.24. The summed E-state index contributed by atoms with van der Waals surface area (Å²) in [6.45, 7) is 0. The van der Waals surface area contributed by atoms with Gasteiger partial charge < -0.3 is 0 Å². The van der Waals surface area contributed by atoms with E-state index in [2.05, 4.69) is 20.6 Å². The van der Waals surface area contributed by atoms with Crippen LogP contribution < -0.4 is 10.6 Å². The van der Waals surface area contributed by atoms with Gasteiger partial charge in [0.15, 0.2) is 5.82 Å².